The van der Waals surface area contributed by atoms with Crippen LogP contribution in [0.4, 0.5) is 0 Å². The average molecular weight is 239 g/mol. The maximum absolute atomic E-state index is 11.6. The number of carbonyl (C=O) groups is 1. The van der Waals surface area contributed by atoms with E-state index in [2.05, 4.69) is 12.2 Å². The molecule has 1 heterocycles. The van der Waals surface area contributed by atoms with Crippen LogP contribution in [-0.2, 0) is 0 Å². The highest BCUT2D eigenvalue weighted by atomic mass is 32.1. The van der Waals surface area contributed by atoms with Gasteiger partial charge in [-0.2, -0.15) is 0 Å². The molecule has 0 saturated heterocycles. The normalized spacial score (nSPS) is 10.6. The van der Waals surface area contributed by atoms with E-state index in [-0.39, 0.29) is 5.78 Å². The van der Waals surface area contributed by atoms with Gasteiger partial charge in [-0.15, -0.1) is 11.3 Å². The zero-order valence-corrected chi connectivity index (χ0v) is 10.8. The first-order chi connectivity index (χ1) is 7.84. The number of rotatable bonds is 9. The van der Waals surface area contributed by atoms with Gasteiger partial charge in [0.05, 0.1) is 4.88 Å². The highest BCUT2D eigenvalue weighted by molar-refractivity contribution is 7.12. The Kier molecular flexibility index (Phi) is 7.10. The van der Waals surface area contributed by atoms with E-state index in [0.717, 1.165) is 18.0 Å². The van der Waals surface area contributed by atoms with Gasteiger partial charge in [0.2, 0.25) is 0 Å². The van der Waals surface area contributed by atoms with Crippen LogP contribution in [0.5, 0.6) is 0 Å². The van der Waals surface area contributed by atoms with E-state index in [1.165, 1.54) is 37.0 Å². The maximum atomic E-state index is 11.6. The molecule has 0 aliphatic heterocycles. The molecule has 0 saturated carbocycles. The SMILES string of the molecule is CCCCCCNCCC(=O)c1cccs1. The smallest absolute Gasteiger partial charge is 0.174 e. The van der Waals surface area contributed by atoms with Crippen molar-refractivity contribution in [3.63, 3.8) is 0 Å². The Hall–Kier alpha value is -0.670. The fourth-order valence-corrected chi connectivity index (χ4v) is 2.26. The second-order valence-corrected chi connectivity index (χ2v) is 4.91. The summed E-state index contributed by atoms with van der Waals surface area (Å²) in [5.74, 6) is 0.260. The standard InChI is InChI=1S/C13H21NOS/c1-2-3-4-5-9-14-10-8-12(15)13-7-6-11-16-13/h6-7,11,14H,2-5,8-10H2,1H3. The Morgan fingerprint density at radius 1 is 1.31 bits per heavy atom. The fraction of sp³-hybridized carbons (Fsp3) is 0.615. The van der Waals surface area contributed by atoms with Crippen LogP contribution >= 0.6 is 11.3 Å². The van der Waals surface area contributed by atoms with Gasteiger partial charge in [-0.25, -0.2) is 0 Å². The summed E-state index contributed by atoms with van der Waals surface area (Å²) in [6.45, 7) is 4.06. The molecule has 1 N–H and O–H groups in total. The van der Waals surface area contributed by atoms with Crippen molar-refractivity contribution in [2.45, 2.75) is 39.0 Å². The molecular formula is C13H21NOS. The van der Waals surface area contributed by atoms with Crippen molar-refractivity contribution in [1.82, 2.24) is 5.32 Å². The lowest BCUT2D eigenvalue weighted by atomic mass is 10.2. The van der Waals surface area contributed by atoms with Gasteiger partial charge in [0.1, 0.15) is 0 Å². The number of hydrogen-bond acceptors (Lipinski definition) is 3. The largest absolute Gasteiger partial charge is 0.316 e. The maximum Gasteiger partial charge on any atom is 0.174 e. The van der Waals surface area contributed by atoms with Gasteiger partial charge in [0.25, 0.3) is 0 Å². The number of Topliss-reactive ketones (excluding diaryl/α,β-unsaturated/α-hetero) is 1. The summed E-state index contributed by atoms with van der Waals surface area (Å²) >= 11 is 1.53. The monoisotopic (exact) mass is 239 g/mol. The molecule has 1 rings (SSSR count). The predicted molar refractivity (Wildman–Crippen MR) is 70.3 cm³/mol. The second kappa shape index (κ2) is 8.48. The molecule has 0 aromatic carbocycles. The molecule has 0 unspecified atom stereocenters. The molecule has 90 valence electrons. The Morgan fingerprint density at radius 2 is 2.19 bits per heavy atom. The van der Waals surface area contributed by atoms with Gasteiger partial charge in [0, 0.05) is 13.0 Å². The molecule has 0 amide bonds. The van der Waals surface area contributed by atoms with Crippen LogP contribution in [0.2, 0.25) is 0 Å². The Morgan fingerprint density at radius 3 is 2.88 bits per heavy atom. The van der Waals surface area contributed by atoms with Crippen molar-refractivity contribution >= 4 is 17.1 Å². The summed E-state index contributed by atoms with van der Waals surface area (Å²) in [4.78, 5) is 12.5. The van der Waals surface area contributed by atoms with Gasteiger partial charge in [-0.3, -0.25) is 4.79 Å². The first kappa shape index (κ1) is 13.4. The quantitative estimate of drug-likeness (QED) is 0.528. The zero-order valence-electron chi connectivity index (χ0n) is 10.00. The van der Waals surface area contributed by atoms with Crippen molar-refractivity contribution in [2.75, 3.05) is 13.1 Å². The molecule has 0 radical (unpaired) electrons. The van der Waals surface area contributed by atoms with Crippen LogP contribution in [0, 0.1) is 0 Å². The van der Waals surface area contributed by atoms with E-state index in [4.69, 9.17) is 0 Å². The van der Waals surface area contributed by atoms with Crippen molar-refractivity contribution in [3.8, 4) is 0 Å². The van der Waals surface area contributed by atoms with E-state index >= 15 is 0 Å². The van der Waals surface area contributed by atoms with Crippen molar-refractivity contribution in [1.29, 1.82) is 0 Å². The highest BCUT2D eigenvalue weighted by Crippen LogP contribution is 2.10. The van der Waals surface area contributed by atoms with Crippen molar-refractivity contribution in [2.24, 2.45) is 0 Å². The summed E-state index contributed by atoms with van der Waals surface area (Å²) in [5.41, 5.74) is 0. The summed E-state index contributed by atoms with van der Waals surface area (Å²) in [6.07, 6.45) is 5.73. The third kappa shape index (κ3) is 5.42. The van der Waals surface area contributed by atoms with Crippen LogP contribution < -0.4 is 5.32 Å². The molecule has 1 aromatic heterocycles. The Balaban J connectivity index is 1.97. The minimum atomic E-state index is 0.260. The number of unbranched alkanes of at least 4 members (excludes halogenated alkanes) is 3. The lowest BCUT2D eigenvalue weighted by molar-refractivity contribution is 0.0986. The fourth-order valence-electron chi connectivity index (χ4n) is 1.56. The van der Waals surface area contributed by atoms with E-state index < -0.39 is 0 Å². The minimum absolute atomic E-state index is 0.260. The van der Waals surface area contributed by atoms with E-state index in [9.17, 15) is 4.79 Å². The van der Waals surface area contributed by atoms with Crippen LogP contribution in [0.25, 0.3) is 0 Å². The number of thiophene rings is 1. The minimum Gasteiger partial charge on any atom is -0.316 e. The first-order valence-electron chi connectivity index (χ1n) is 6.12. The number of carbonyl (C=O) groups excluding carboxylic acids is 1. The lowest BCUT2D eigenvalue weighted by Crippen LogP contribution is -2.19. The number of hydrogen-bond donors (Lipinski definition) is 1. The molecule has 0 spiro atoms. The topological polar surface area (TPSA) is 29.1 Å². The third-order valence-electron chi connectivity index (χ3n) is 2.53. The van der Waals surface area contributed by atoms with Gasteiger partial charge < -0.3 is 5.32 Å². The molecule has 0 bridgehead atoms. The van der Waals surface area contributed by atoms with Crippen LogP contribution in [0.3, 0.4) is 0 Å². The summed E-state index contributed by atoms with van der Waals surface area (Å²) in [6, 6.07) is 3.82. The predicted octanol–water partition coefficient (Wildman–Crippen LogP) is 3.49. The van der Waals surface area contributed by atoms with Gasteiger partial charge >= 0.3 is 0 Å². The summed E-state index contributed by atoms with van der Waals surface area (Å²) in [5, 5.41) is 5.27. The lowest BCUT2D eigenvalue weighted by Gasteiger charge is -2.03. The molecule has 3 heteroatoms. The first-order valence-corrected chi connectivity index (χ1v) is 7.00. The molecule has 0 fully saturated rings. The van der Waals surface area contributed by atoms with Gasteiger partial charge in [-0.05, 0) is 24.4 Å². The average Bonchev–Trinajstić information content (AvgIpc) is 2.81. The Bertz CT molecular complexity index is 282. The van der Waals surface area contributed by atoms with Crippen molar-refractivity contribution in [3.05, 3.63) is 22.4 Å². The molecule has 0 atom stereocenters. The van der Waals surface area contributed by atoms with Gasteiger partial charge in [0.15, 0.2) is 5.78 Å². The molecule has 1 aromatic rings. The van der Waals surface area contributed by atoms with Crippen molar-refractivity contribution < 1.29 is 4.79 Å². The Labute approximate surface area is 102 Å². The number of ketones is 1. The zero-order chi connectivity index (χ0) is 11.6. The highest BCUT2D eigenvalue weighted by Gasteiger charge is 2.05. The molecular weight excluding hydrogens is 218 g/mol. The molecule has 16 heavy (non-hydrogen) atoms. The van der Waals surface area contributed by atoms with Gasteiger partial charge in [-0.1, -0.05) is 32.3 Å². The van der Waals surface area contributed by atoms with E-state index in [0.29, 0.717) is 6.42 Å². The summed E-state index contributed by atoms with van der Waals surface area (Å²) in [7, 11) is 0. The van der Waals surface area contributed by atoms with Crippen LogP contribution in [-0.4, -0.2) is 18.9 Å². The van der Waals surface area contributed by atoms with E-state index in [1.807, 2.05) is 17.5 Å². The van der Waals surface area contributed by atoms with E-state index in [1.54, 1.807) is 0 Å². The summed E-state index contributed by atoms with van der Waals surface area (Å²) < 4.78 is 0. The molecule has 2 nitrogen and oxygen atoms in total. The second-order valence-electron chi connectivity index (χ2n) is 3.96. The van der Waals surface area contributed by atoms with Crippen LogP contribution in [0.15, 0.2) is 17.5 Å². The van der Waals surface area contributed by atoms with Crippen LogP contribution in [0.1, 0.15) is 48.7 Å². The molecule has 0 aliphatic rings. The third-order valence-corrected chi connectivity index (χ3v) is 3.44. The molecule has 0 aliphatic carbocycles. The number of nitrogens with one attached hydrogen (secondary N) is 1.